The standard InChI is InChI=1S/C5H6BrClN2O2S/c1-2-9-3-4(5(6)8-9)12(7,10)11/h3H,2H2,1H3. The summed E-state index contributed by atoms with van der Waals surface area (Å²) in [4.78, 5) is 0.00557. The van der Waals surface area contributed by atoms with Gasteiger partial charge >= 0.3 is 0 Å². The second kappa shape index (κ2) is 3.35. The van der Waals surface area contributed by atoms with Gasteiger partial charge in [-0.2, -0.15) is 5.10 Å². The monoisotopic (exact) mass is 272 g/mol. The molecule has 0 saturated carbocycles. The second-order valence-electron chi connectivity index (χ2n) is 2.08. The summed E-state index contributed by atoms with van der Waals surface area (Å²) in [7, 11) is 1.44. The maximum atomic E-state index is 10.9. The normalized spacial score (nSPS) is 11.9. The first kappa shape index (κ1) is 10.0. The van der Waals surface area contributed by atoms with E-state index in [1.807, 2.05) is 6.92 Å². The number of aryl methyl sites for hydroxylation is 1. The zero-order valence-electron chi connectivity index (χ0n) is 6.16. The number of nitrogens with zero attached hydrogens (tertiary/aromatic N) is 2. The molecule has 0 unspecified atom stereocenters. The first-order valence-corrected chi connectivity index (χ1v) is 6.23. The minimum absolute atomic E-state index is 0.00557. The summed E-state index contributed by atoms with van der Waals surface area (Å²) in [6.45, 7) is 2.45. The molecule has 0 radical (unpaired) electrons. The Morgan fingerprint density at radius 3 is 2.58 bits per heavy atom. The van der Waals surface area contributed by atoms with Gasteiger partial charge in [0, 0.05) is 23.4 Å². The molecule has 1 aromatic rings. The van der Waals surface area contributed by atoms with Crippen LogP contribution in [0.4, 0.5) is 0 Å². The minimum Gasteiger partial charge on any atom is -0.270 e. The number of hydrogen-bond acceptors (Lipinski definition) is 3. The third-order valence-electron chi connectivity index (χ3n) is 1.27. The highest BCUT2D eigenvalue weighted by Gasteiger charge is 2.17. The van der Waals surface area contributed by atoms with Crippen LogP contribution in [0.25, 0.3) is 0 Å². The first-order valence-electron chi connectivity index (χ1n) is 3.12. The number of hydrogen-bond donors (Lipinski definition) is 0. The molecule has 0 aliphatic heterocycles. The molecule has 1 rings (SSSR count). The van der Waals surface area contributed by atoms with E-state index in [0.717, 1.165) is 0 Å². The Balaban J connectivity index is 3.27. The van der Waals surface area contributed by atoms with E-state index in [-0.39, 0.29) is 9.50 Å². The van der Waals surface area contributed by atoms with E-state index in [1.165, 1.54) is 10.9 Å². The highest BCUT2D eigenvalue weighted by Crippen LogP contribution is 2.23. The summed E-state index contributed by atoms with van der Waals surface area (Å²) in [6, 6.07) is 0. The number of rotatable bonds is 2. The zero-order valence-corrected chi connectivity index (χ0v) is 9.32. The zero-order chi connectivity index (χ0) is 9.35. The highest BCUT2D eigenvalue weighted by atomic mass is 79.9. The Bertz CT molecular complexity index is 386. The van der Waals surface area contributed by atoms with Gasteiger partial charge in [0.05, 0.1) is 0 Å². The third-order valence-corrected chi connectivity index (χ3v) is 3.44. The molecule has 0 spiro atoms. The first-order chi connectivity index (χ1) is 5.45. The van der Waals surface area contributed by atoms with Gasteiger partial charge in [-0.15, -0.1) is 0 Å². The number of aromatic nitrogens is 2. The summed E-state index contributed by atoms with van der Waals surface area (Å²) in [5, 5.41) is 3.87. The molecule has 68 valence electrons. The molecule has 7 heteroatoms. The quantitative estimate of drug-likeness (QED) is 0.769. The lowest BCUT2D eigenvalue weighted by molar-refractivity contribution is 0.608. The van der Waals surface area contributed by atoms with E-state index in [0.29, 0.717) is 6.54 Å². The molecule has 0 aromatic carbocycles. The Morgan fingerprint density at radius 1 is 1.75 bits per heavy atom. The maximum Gasteiger partial charge on any atom is 0.265 e. The van der Waals surface area contributed by atoms with E-state index < -0.39 is 9.05 Å². The molecule has 0 saturated heterocycles. The lowest BCUT2D eigenvalue weighted by atomic mass is 10.7. The van der Waals surface area contributed by atoms with Crippen molar-refractivity contribution in [2.45, 2.75) is 18.4 Å². The summed E-state index contributed by atoms with van der Waals surface area (Å²) in [5.74, 6) is 0. The molecule has 4 nitrogen and oxygen atoms in total. The summed E-state index contributed by atoms with van der Waals surface area (Å²) < 4.78 is 23.5. The van der Waals surface area contributed by atoms with Crippen molar-refractivity contribution in [3.8, 4) is 0 Å². The fourth-order valence-corrected chi connectivity index (χ4v) is 2.76. The van der Waals surface area contributed by atoms with Gasteiger partial charge in [0.25, 0.3) is 9.05 Å². The number of halogens is 2. The molecule has 0 amide bonds. The van der Waals surface area contributed by atoms with Crippen molar-refractivity contribution in [3.63, 3.8) is 0 Å². The van der Waals surface area contributed by atoms with E-state index >= 15 is 0 Å². The molecule has 0 N–H and O–H groups in total. The Kier molecular flexibility index (Phi) is 2.80. The second-order valence-corrected chi connectivity index (χ2v) is 5.36. The predicted octanol–water partition coefficient (Wildman–Crippen LogP) is 1.59. The van der Waals surface area contributed by atoms with Gasteiger partial charge in [0.1, 0.15) is 9.50 Å². The maximum absolute atomic E-state index is 10.9. The molecule has 0 atom stereocenters. The Hall–Kier alpha value is -0.0700. The van der Waals surface area contributed by atoms with Crippen LogP contribution in [-0.2, 0) is 15.6 Å². The highest BCUT2D eigenvalue weighted by molar-refractivity contribution is 9.10. The van der Waals surface area contributed by atoms with E-state index in [9.17, 15) is 8.42 Å². The van der Waals surface area contributed by atoms with Gasteiger partial charge < -0.3 is 0 Å². The van der Waals surface area contributed by atoms with Crippen molar-refractivity contribution in [1.29, 1.82) is 0 Å². The fourth-order valence-electron chi connectivity index (χ4n) is 0.705. The van der Waals surface area contributed by atoms with Crippen LogP contribution in [0.3, 0.4) is 0 Å². The Morgan fingerprint density at radius 2 is 2.33 bits per heavy atom. The smallest absolute Gasteiger partial charge is 0.265 e. The molecule has 12 heavy (non-hydrogen) atoms. The average molecular weight is 274 g/mol. The van der Waals surface area contributed by atoms with E-state index in [1.54, 1.807) is 0 Å². The van der Waals surface area contributed by atoms with Crippen molar-refractivity contribution in [3.05, 3.63) is 10.8 Å². The van der Waals surface area contributed by atoms with Gasteiger partial charge in [0.2, 0.25) is 0 Å². The van der Waals surface area contributed by atoms with Crippen LogP contribution in [0.5, 0.6) is 0 Å². The van der Waals surface area contributed by atoms with Gasteiger partial charge in [-0.3, -0.25) is 4.68 Å². The van der Waals surface area contributed by atoms with Gasteiger partial charge in [-0.25, -0.2) is 8.42 Å². The summed E-state index contributed by atoms with van der Waals surface area (Å²) in [5.41, 5.74) is 0. The van der Waals surface area contributed by atoms with Crippen molar-refractivity contribution in [2.24, 2.45) is 0 Å². The molecule has 0 bridgehead atoms. The molecule has 0 fully saturated rings. The molecule has 1 aromatic heterocycles. The SMILES string of the molecule is CCn1cc(S(=O)(=O)Cl)c(Br)n1. The third kappa shape index (κ3) is 1.99. The van der Waals surface area contributed by atoms with Crippen LogP contribution < -0.4 is 0 Å². The molecular weight excluding hydrogens is 267 g/mol. The predicted molar refractivity (Wildman–Crippen MR) is 48.6 cm³/mol. The van der Waals surface area contributed by atoms with E-state index in [2.05, 4.69) is 21.0 Å². The summed E-state index contributed by atoms with van der Waals surface area (Å²) >= 11 is 3.00. The fraction of sp³-hybridized carbons (Fsp3) is 0.400. The van der Waals surface area contributed by atoms with Crippen LogP contribution in [0.15, 0.2) is 15.7 Å². The van der Waals surface area contributed by atoms with Gasteiger partial charge in [-0.05, 0) is 22.9 Å². The van der Waals surface area contributed by atoms with Crippen LogP contribution in [0.1, 0.15) is 6.92 Å². The lowest BCUT2D eigenvalue weighted by Crippen LogP contribution is -1.93. The molecule has 1 heterocycles. The largest absolute Gasteiger partial charge is 0.270 e. The van der Waals surface area contributed by atoms with Gasteiger partial charge in [-0.1, -0.05) is 0 Å². The summed E-state index contributed by atoms with van der Waals surface area (Å²) in [6.07, 6.45) is 1.38. The van der Waals surface area contributed by atoms with Crippen LogP contribution in [0.2, 0.25) is 0 Å². The van der Waals surface area contributed by atoms with Crippen molar-refractivity contribution >= 4 is 35.7 Å². The van der Waals surface area contributed by atoms with Crippen molar-refractivity contribution < 1.29 is 8.42 Å². The molecule has 0 aliphatic rings. The van der Waals surface area contributed by atoms with Gasteiger partial charge in [0.15, 0.2) is 0 Å². The average Bonchev–Trinajstić information content (AvgIpc) is 2.29. The van der Waals surface area contributed by atoms with Crippen LogP contribution in [-0.4, -0.2) is 18.2 Å². The van der Waals surface area contributed by atoms with Crippen LogP contribution >= 0.6 is 26.6 Å². The van der Waals surface area contributed by atoms with E-state index in [4.69, 9.17) is 10.7 Å². The topological polar surface area (TPSA) is 52.0 Å². The Labute approximate surface area is 83.1 Å². The lowest BCUT2D eigenvalue weighted by Gasteiger charge is -1.89. The van der Waals surface area contributed by atoms with Crippen molar-refractivity contribution in [2.75, 3.05) is 0 Å². The molecular formula is C5H6BrClN2O2S. The van der Waals surface area contributed by atoms with Crippen LogP contribution in [0, 0.1) is 0 Å². The molecule has 0 aliphatic carbocycles. The van der Waals surface area contributed by atoms with Crippen molar-refractivity contribution in [1.82, 2.24) is 9.78 Å². The minimum atomic E-state index is -3.68.